The van der Waals surface area contributed by atoms with Gasteiger partial charge in [-0.2, -0.15) is 13.2 Å². The molecule has 29 heavy (non-hydrogen) atoms. The molecule has 1 amide bonds. The third kappa shape index (κ3) is 5.14. The first-order chi connectivity index (χ1) is 13.6. The van der Waals surface area contributed by atoms with E-state index >= 15 is 0 Å². The summed E-state index contributed by atoms with van der Waals surface area (Å²) < 4.78 is 38.9. The zero-order valence-corrected chi connectivity index (χ0v) is 16.7. The molecule has 12 heteroatoms. The molecular formula is C17H12Cl2F3N5OS. The second-order valence-electron chi connectivity index (χ2n) is 5.71. The number of amides is 1. The van der Waals surface area contributed by atoms with Gasteiger partial charge in [-0.15, -0.1) is 10.2 Å². The smallest absolute Gasteiger partial charge is 0.335 e. The number of hydrogen-bond acceptors (Lipinski definition) is 5. The highest BCUT2D eigenvalue weighted by molar-refractivity contribution is 7.99. The number of aromatic nitrogens is 3. The molecule has 3 N–H and O–H groups in total. The van der Waals surface area contributed by atoms with Gasteiger partial charge in [0.1, 0.15) is 0 Å². The summed E-state index contributed by atoms with van der Waals surface area (Å²) in [4.78, 5) is 12.1. The van der Waals surface area contributed by atoms with Gasteiger partial charge in [0.05, 0.1) is 16.3 Å². The van der Waals surface area contributed by atoms with E-state index in [9.17, 15) is 18.0 Å². The van der Waals surface area contributed by atoms with Crippen molar-refractivity contribution in [3.63, 3.8) is 0 Å². The quantitative estimate of drug-likeness (QED) is 0.424. The van der Waals surface area contributed by atoms with Gasteiger partial charge >= 0.3 is 6.18 Å². The molecule has 0 unspecified atom stereocenters. The monoisotopic (exact) mass is 461 g/mol. The van der Waals surface area contributed by atoms with E-state index in [4.69, 9.17) is 29.0 Å². The lowest BCUT2D eigenvalue weighted by Gasteiger charge is -2.09. The van der Waals surface area contributed by atoms with Gasteiger partial charge in [-0.1, -0.05) is 35.0 Å². The minimum atomic E-state index is -4.44. The number of carbonyl (C=O) groups excluding carboxylic acids is 1. The van der Waals surface area contributed by atoms with Crippen LogP contribution in [0.25, 0.3) is 11.4 Å². The number of carbonyl (C=O) groups is 1. The molecule has 0 aliphatic rings. The van der Waals surface area contributed by atoms with Gasteiger partial charge in [0.15, 0.2) is 5.82 Å². The SMILES string of the molecule is Nn1c(SCC(=O)Nc2ccc(C(F)(F)F)cc2)nnc1-c1ccc(Cl)cc1Cl. The summed E-state index contributed by atoms with van der Waals surface area (Å²) in [5.74, 6) is 5.75. The molecular weight excluding hydrogens is 450 g/mol. The van der Waals surface area contributed by atoms with Crippen LogP contribution in [-0.4, -0.2) is 26.5 Å². The van der Waals surface area contributed by atoms with Crippen molar-refractivity contribution in [1.29, 1.82) is 0 Å². The van der Waals surface area contributed by atoms with E-state index in [2.05, 4.69) is 15.5 Å². The normalized spacial score (nSPS) is 11.5. The van der Waals surface area contributed by atoms with Crippen molar-refractivity contribution >= 4 is 46.6 Å². The number of nitrogens with zero attached hydrogens (tertiary/aromatic N) is 3. The Labute approximate surface area is 177 Å². The number of benzene rings is 2. The fourth-order valence-electron chi connectivity index (χ4n) is 2.30. The molecule has 2 aromatic carbocycles. The van der Waals surface area contributed by atoms with Crippen molar-refractivity contribution < 1.29 is 18.0 Å². The maximum Gasteiger partial charge on any atom is 0.416 e. The van der Waals surface area contributed by atoms with Gasteiger partial charge in [0.2, 0.25) is 11.1 Å². The minimum absolute atomic E-state index is 0.0787. The maximum absolute atomic E-state index is 12.6. The van der Waals surface area contributed by atoms with E-state index in [-0.39, 0.29) is 22.4 Å². The van der Waals surface area contributed by atoms with Gasteiger partial charge in [-0.3, -0.25) is 4.79 Å². The predicted octanol–water partition coefficient (Wildman–Crippen LogP) is 4.72. The summed E-state index contributed by atoms with van der Waals surface area (Å²) in [6.45, 7) is 0. The van der Waals surface area contributed by atoms with Gasteiger partial charge < -0.3 is 11.2 Å². The van der Waals surface area contributed by atoms with Crippen LogP contribution in [0.4, 0.5) is 18.9 Å². The van der Waals surface area contributed by atoms with E-state index in [0.717, 1.165) is 23.9 Å². The first-order valence-electron chi connectivity index (χ1n) is 7.91. The molecule has 6 nitrogen and oxygen atoms in total. The summed E-state index contributed by atoms with van der Waals surface area (Å²) in [7, 11) is 0. The fraction of sp³-hybridized carbons (Fsp3) is 0.118. The Kier molecular flexibility index (Phi) is 6.25. The van der Waals surface area contributed by atoms with Crippen LogP contribution >= 0.6 is 35.0 Å². The van der Waals surface area contributed by atoms with Crippen molar-refractivity contribution in [2.24, 2.45) is 0 Å². The third-order valence-corrected chi connectivity index (χ3v) is 5.16. The van der Waals surface area contributed by atoms with E-state index in [1.807, 2.05) is 0 Å². The van der Waals surface area contributed by atoms with Gasteiger partial charge in [-0.05, 0) is 42.5 Å². The lowest BCUT2D eigenvalue weighted by atomic mass is 10.2. The summed E-state index contributed by atoms with van der Waals surface area (Å²) in [6, 6.07) is 8.95. The molecule has 0 atom stereocenters. The number of alkyl halides is 3. The lowest BCUT2D eigenvalue weighted by molar-refractivity contribution is -0.137. The number of rotatable bonds is 5. The molecule has 0 saturated heterocycles. The molecule has 0 bridgehead atoms. The van der Waals surface area contributed by atoms with Crippen molar-refractivity contribution in [1.82, 2.24) is 14.9 Å². The van der Waals surface area contributed by atoms with Crippen molar-refractivity contribution in [2.75, 3.05) is 16.9 Å². The van der Waals surface area contributed by atoms with Crippen molar-refractivity contribution in [3.05, 3.63) is 58.1 Å². The average Bonchev–Trinajstić information content (AvgIpc) is 3.00. The second-order valence-corrected chi connectivity index (χ2v) is 7.50. The third-order valence-electron chi connectivity index (χ3n) is 3.66. The first kappa shape index (κ1) is 21.3. The van der Waals surface area contributed by atoms with E-state index < -0.39 is 17.6 Å². The largest absolute Gasteiger partial charge is 0.416 e. The molecule has 0 radical (unpaired) electrons. The number of hydrogen-bond donors (Lipinski definition) is 2. The molecule has 1 aromatic heterocycles. The van der Waals surface area contributed by atoms with Crippen LogP contribution in [0.2, 0.25) is 10.0 Å². The van der Waals surface area contributed by atoms with E-state index in [0.29, 0.717) is 15.6 Å². The number of nitrogen functional groups attached to an aromatic ring is 1. The molecule has 0 aliphatic heterocycles. The number of thioether (sulfide) groups is 1. The first-order valence-corrected chi connectivity index (χ1v) is 9.65. The lowest BCUT2D eigenvalue weighted by Crippen LogP contribution is -2.16. The maximum atomic E-state index is 12.6. The Bertz CT molecular complexity index is 1040. The van der Waals surface area contributed by atoms with Crippen LogP contribution < -0.4 is 11.2 Å². The van der Waals surface area contributed by atoms with Crippen LogP contribution in [0.3, 0.4) is 0 Å². The average molecular weight is 462 g/mol. The predicted molar refractivity (Wildman–Crippen MR) is 106 cm³/mol. The van der Waals surface area contributed by atoms with Crippen molar-refractivity contribution in [2.45, 2.75) is 11.3 Å². The number of anilines is 1. The topological polar surface area (TPSA) is 85.8 Å². The number of nitrogens with two attached hydrogens (primary N) is 1. The molecule has 3 rings (SSSR count). The Morgan fingerprint density at radius 1 is 1.14 bits per heavy atom. The zero-order valence-electron chi connectivity index (χ0n) is 14.4. The molecule has 1 heterocycles. The fourth-order valence-corrected chi connectivity index (χ4v) is 3.45. The number of nitrogens with one attached hydrogen (secondary N) is 1. The number of halogens is 5. The second kappa shape index (κ2) is 8.52. The summed E-state index contributed by atoms with van der Waals surface area (Å²) >= 11 is 13.0. The Morgan fingerprint density at radius 3 is 2.45 bits per heavy atom. The summed E-state index contributed by atoms with van der Waals surface area (Å²) in [5, 5.41) is 11.5. The van der Waals surface area contributed by atoms with Crippen LogP contribution in [0.5, 0.6) is 0 Å². The molecule has 3 aromatic rings. The van der Waals surface area contributed by atoms with Crippen molar-refractivity contribution in [3.8, 4) is 11.4 Å². The molecule has 0 saturated carbocycles. The summed E-state index contributed by atoms with van der Waals surface area (Å²) in [6.07, 6.45) is -4.44. The van der Waals surface area contributed by atoms with Crippen LogP contribution in [0.15, 0.2) is 47.6 Å². The van der Waals surface area contributed by atoms with Gasteiger partial charge in [0.25, 0.3) is 0 Å². The van der Waals surface area contributed by atoms with Crippen LogP contribution in [-0.2, 0) is 11.0 Å². The molecule has 0 aliphatic carbocycles. The minimum Gasteiger partial charge on any atom is -0.335 e. The van der Waals surface area contributed by atoms with Crippen LogP contribution in [0, 0.1) is 0 Å². The van der Waals surface area contributed by atoms with Gasteiger partial charge in [0, 0.05) is 16.3 Å². The highest BCUT2D eigenvalue weighted by Gasteiger charge is 2.30. The molecule has 0 fully saturated rings. The Balaban J connectivity index is 1.63. The zero-order chi connectivity index (χ0) is 21.2. The molecule has 0 spiro atoms. The Hall–Kier alpha value is -2.43. The summed E-state index contributed by atoms with van der Waals surface area (Å²) in [5.41, 5.74) is -0.0342. The highest BCUT2D eigenvalue weighted by Crippen LogP contribution is 2.31. The van der Waals surface area contributed by atoms with Crippen LogP contribution in [0.1, 0.15) is 5.56 Å². The van der Waals surface area contributed by atoms with Gasteiger partial charge in [-0.25, -0.2) is 4.68 Å². The standard InChI is InChI=1S/C17H12Cl2F3N5OS/c18-10-3-6-12(13(19)7-10)15-25-26-16(27(15)23)29-8-14(28)24-11-4-1-9(2-5-11)17(20,21)22/h1-7H,8,23H2,(H,24,28). The van der Waals surface area contributed by atoms with E-state index in [1.54, 1.807) is 12.1 Å². The molecule has 152 valence electrons. The van der Waals surface area contributed by atoms with E-state index in [1.165, 1.54) is 22.9 Å². The highest BCUT2D eigenvalue weighted by atomic mass is 35.5. The Morgan fingerprint density at radius 2 is 1.83 bits per heavy atom.